The van der Waals surface area contributed by atoms with Crippen molar-refractivity contribution in [1.29, 1.82) is 0 Å². The molecule has 0 saturated heterocycles. The number of rotatable bonds is 4. The topological polar surface area (TPSA) is 156 Å². The summed E-state index contributed by atoms with van der Waals surface area (Å²) in [5, 5.41) is 33.6. The van der Waals surface area contributed by atoms with Crippen LogP contribution in [0.1, 0.15) is 31.1 Å². The third-order valence-electron chi connectivity index (χ3n) is 4.46. The molecule has 3 aromatic rings. The number of hydrogen-bond donors (Lipinski definition) is 3. The Hall–Kier alpha value is -4.47. The van der Waals surface area contributed by atoms with Crippen molar-refractivity contribution in [1.82, 2.24) is 0 Å². The number of carbonyl (C=O) groups is 3. The Morgan fingerprint density at radius 1 is 1.07 bits per heavy atom. The molecule has 0 atom stereocenters. The highest BCUT2D eigenvalue weighted by atomic mass is 16.6. The van der Waals surface area contributed by atoms with E-state index in [2.05, 4.69) is 10.1 Å². The Labute approximate surface area is 161 Å². The quantitative estimate of drug-likeness (QED) is 0.199. The standard InChI is InChI=1S/C19H10N2O8/c22-14-5-4-8(6-11(14)17(23)24)20-16-9-2-1-3-10-15(9)12(7-13(16)21(27)28)19(26)29-18(10)25/h1-7,20,22H,(H,23,24). The smallest absolute Gasteiger partial charge is 0.346 e. The number of carbonyl (C=O) groups excluding carboxylic acids is 2. The number of carboxylic acids is 1. The molecule has 0 unspecified atom stereocenters. The highest BCUT2D eigenvalue weighted by molar-refractivity contribution is 6.23. The highest BCUT2D eigenvalue weighted by Crippen LogP contribution is 2.41. The third kappa shape index (κ3) is 2.79. The number of benzene rings is 3. The molecule has 0 fully saturated rings. The molecular formula is C19H10N2O8. The van der Waals surface area contributed by atoms with Gasteiger partial charge in [0.1, 0.15) is 17.0 Å². The number of phenols is 1. The molecule has 3 N–H and O–H groups in total. The summed E-state index contributed by atoms with van der Waals surface area (Å²) in [5.74, 6) is -3.72. The second kappa shape index (κ2) is 6.30. The maximum atomic E-state index is 12.1. The van der Waals surface area contributed by atoms with Crippen LogP contribution < -0.4 is 5.32 Å². The van der Waals surface area contributed by atoms with Crippen molar-refractivity contribution >= 4 is 45.7 Å². The van der Waals surface area contributed by atoms with E-state index in [1.54, 1.807) is 0 Å². The van der Waals surface area contributed by atoms with E-state index in [9.17, 15) is 29.6 Å². The molecule has 10 nitrogen and oxygen atoms in total. The van der Waals surface area contributed by atoms with Crippen molar-refractivity contribution < 1.29 is 34.3 Å². The summed E-state index contributed by atoms with van der Waals surface area (Å²) < 4.78 is 4.64. The summed E-state index contributed by atoms with van der Waals surface area (Å²) in [5.41, 5.74) is -0.815. The average molecular weight is 394 g/mol. The van der Waals surface area contributed by atoms with E-state index in [0.717, 1.165) is 18.2 Å². The Balaban J connectivity index is 1.99. The van der Waals surface area contributed by atoms with E-state index in [0.29, 0.717) is 0 Å². The van der Waals surface area contributed by atoms with E-state index >= 15 is 0 Å². The highest BCUT2D eigenvalue weighted by Gasteiger charge is 2.32. The van der Waals surface area contributed by atoms with Crippen molar-refractivity contribution in [3.05, 3.63) is 69.3 Å². The van der Waals surface area contributed by atoms with Gasteiger partial charge in [-0.25, -0.2) is 14.4 Å². The first-order valence-electron chi connectivity index (χ1n) is 8.12. The van der Waals surface area contributed by atoms with E-state index in [1.165, 1.54) is 24.3 Å². The molecule has 0 bridgehead atoms. The van der Waals surface area contributed by atoms with Crippen LogP contribution in [0.4, 0.5) is 17.1 Å². The number of nitro benzene ring substituents is 1. The van der Waals surface area contributed by atoms with Crippen LogP contribution in [-0.4, -0.2) is 33.0 Å². The molecule has 1 heterocycles. The van der Waals surface area contributed by atoms with Gasteiger partial charge in [-0.05, 0) is 24.3 Å². The Morgan fingerprint density at radius 3 is 2.48 bits per heavy atom. The van der Waals surface area contributed by atoms with Crippen LogP contribution in [0.2, 0.25) is 0 Å². The number of nitrogens with one attached hydrogen (secondary N) is 1. The summed E-state index contributed by atoms with van der Waals surface area (Å²) in [6.45, 7) is 0. The maximum absolute atomic E-state index is 12.1. The molecular weight excluding hydrogens is 384 g/mol. The molecule has 0 spiro atoms. The number of cyclic esters (lactones) is 2. The van der Waals surface area contributed by atoms with Crippen LogP contribution in [-0.2, 0) is 4.74 Å². The molecule has 1 aliphatic heterocycles. The lowest BCUT2D eigenvalue weighted by Gasteiger charge is -2.18. The lowest BCUT2D eigenvalue weighted by molar-refractivity contribution is -0.383. The molecule has 3 aromatic carbocycles. The third-order valence-corrected chi connectivity index (χ3v) is 4.46. The van der Waals surface area contributed by atoms with Crippen molar-refractivity contribution in [2.75, 3.05) is 5.32 Å². The van der Waals surface area contributed by atoms with Crippen LogP contribution in [0.3, 0.4) is 0 Å². The molecule has 10 heteroatoms. The fraction of sp³-hybridized carbons (Fsp3) is 0. The monoisotopic (exact) mass is 394 g/mol. The van der Waals surface area contributed by atoms with Gasteiger partial charge >= 0.3 is 17.9 Å². The number of ether oxygens (including phenoxy) is 1. The van der Waals surface area contributed by atoms with Gasteiger partial charge in [0, 0.05) is 22.5 Å². The van der Waals surface area contributed by atoms with Crippen LogP contribution in [0.25, 0.3) is 10.8 Å². The summed E-state index contributed by atoms with van der Waals surface area (Å²) >= 11 is 0. The number of nitrogens with zero attached hydrogens (tertiary/aromatic N) is 1. The predicted octanol–water partition coefficient (Wildman–Crippen LogP) is 3.21. The minimum atomic E-state index is -1.38. The molecule has 144 valence electrons. The van der Waals surface area contributed by atoms with Crippen molar-refractivity contribution in [2.45, 2.75) is 0 Å². The summed E-state index contributed by atoms with van der Waals surface area (Å²) in [7, 11) is 0. The van der Waals surface area contributed by atoms with Gasteiger partial charge < -0.3 is 20.3 Å². The molecule has 4 rings (SSSR count). The van der Waals surface area contributed by atoms with E-state index < -0.39 is 39.8 Å². The van der Waals surface area contributed by atoms with Crippen molar-refractivity contribution in [3.8, 4) is 5.75 Å². The molecule has 1 aliphatic rings. The summed E-state index contributed by atoms with van der Waals surface area (Å²) in [6.07, 6.45) is 0. The minimum Gasteiger partial charge on any atom is -0.507 e. The molecule has 0 aliphatic carbocycles. The van der Waals surface area contributed by atoms with Gasteiger partial charge in [0.15, 0.2) is 0 Å². The molecule has 0 saturated carbocycles. The van der Waals surface area contributed by atoms with Crippen LogP contribution in [0.5, 0.6) is 5.75 Å². The molecule has 0 amide bonds. The molecule has 29 heavy (non-hydrogen) atoms. The van der Waals surface area contributed by atoms with Gasteiger partial charge in [0.05, 0.1) is 16.1 Å². The van der Waals surface area contributed by atoms with Gasteiger partial charge in [-0.2, -0.15) is 0 Å². The van der Waals surface area contributed by atoms with Crippen molar-refractivity contribution in [3.63, 3.8) is 0 Å². The summed E-state index contributed by atoms with van der Waals surface area (Å²) in [4.78, 5) is 46.3. The van der Waals surface area contributed by atoms with Crippen LogP contribution in [0.15, 0.2) is 42.5 Å². The van der Waals surface area contributed by atoms with E-state index in [1.807, 2.05) is 0 Å². The molecule has 0 aromatic heterocycles. The first-order valence-corrected chi connectivity index (χ1v) is 8.12. The zero-order valence-corrected chi connectivity index (χ0v) is 14.3. The second-order valence-corrected chi connectivity index (χ2v) is 6.14. The lowest BCUT2D eigenvalue weighted by atomic mass is 9.95. The van der Waals surface area contributed by atoms with Gasteiger partial charge in [0.2, 0.25) is 0 Å². The lowest BCUT2D eigenvalue weighted by Crippen LogP contribution is -2.20. The maximum Gasteiger partial charge on any atom is 0.346 e. The number of nitro groups is 1. The number of esters is 2. The minimum absolute atomic E-state index is 0.0415. The fourth-order valence-electron chi connectivity index (χ4n) is 3.20. The summed E-state index contributed by atoms with van der Waals surface area (Å²) in [6, 6.07) is 8.97. The second-order valence-electron chi connectivity index (χ2n) is 6.14. The first-order chi connectivity index (χ1) is 13.8. The zero-order chi connectivity index (χ0) is 20.9. The average Bonchev–Trinajstić information content (AvgIpc) is 2.67. The predicted molar refractivity (Wildman–Crippen MR) is 98.7 cm³/mol. The fourth-order valence-corrected chi connectivity index (χ4v) is 3.20. The number of carboxylic acid groups (broad SMARTS) is 1. The van der Waals surface area contributed by atoms with Gasteiger partial charge in [-0.15, -0.1) is 0 Å². The Bertz CT molecular complexity index is 1260. The zero-order valence-electron chi connectivity index (χ0n) is 14.3. The van der Waals surface area contributed by atoms with Gasteiger partial charge in [0.25, 0.3) is 5.69 Å². The number of hydrogen-bond acceptors (Lipinski definition) is 8. The Kier molecular flexibility index (Phi) is 3.89. The largest absolute Gasteiger partial charge is 0.507 e. The first kappa shape index (κ1) is 17.9. The van der Waals surface area contributed by atoms with Crippen LogP contribution >= 0.6 is 0 Å². The number of aromatic hydroxyl groups is 1. The molecule has 0 radical (unpaired) electrons. The van der Waals surface area contributed by atoms with Gasteiger partial charge in [-0.1, -0.05) is 12.1 Å². The van der Waals surface area contributed by atoms with Crippen LogP contribution in [0, 0.1) is 10.1 Å². The number of anilines is 2. The SMILES string of the molecule is O=C(O)c1cc(Nc2c([N+](=O)[O-])cc3c4c(cccc24)C(=O)OC3=O)ccc1O. The van der Waals surface area contributed by atoms with Gasteiger partial charge in [-0.3, -0.25) is 10.1 Å². The van der Waals surface area contributed by atoms with Crippen molar-refractivity contribution in [2.24, 2.45) is 0 Å². The Morgan fingerprint density at radius 2 is 1.79 bits per heavy atom. The van der Waals surface area contributed by atoms with E-state index in [4.69, 9.17) is 5.11 Å². The normalized spacial score (nSPS) is 12.6. The van der Waals surface area contributed by atoms with E-state index in [-0.39, 0.29) is 33.3 Å². The number of aromatic carboxylic acids is 1.